The highest BCUT2D eigenvalue weighted by Gasteiger charge is 2.48. The number of alkyl carbamates (subject to hydrolysis) is 1. The van der Waals surface area contributed by atoms with Crippen molar-refractivity contribution in [2.75, 3.05) is 13.1 Å². The number of alkyl halides is 2. The second-order valence-electron chi connectivity index (χ2n) is 13.9. The molecule has 10 nitrogen and oxygen atoms in total. The summed E-state index contributed by atoms with van der Waals surface area (Å²) >= 11 is 0. The van der Waals surface area contributed by atoms with Crippen molar-refractivity contribution in [1.82, 2.24) is 20.9 Å². The lowest BCUT2D eigenvalue weighted by atomic mass is 9.81. The minimum atomic E-state index is -2.85. The fourth-order valence-electron chi connectivity index (χ4n) is 6.38. The molecule has 3 unspecified atom stereocenters. The molecular weight excluding hydrogens is 610 g/mol. The molecule has 2 aliphatic rings. The molecule has 1 aliphatic heterocycles. The van der Waals surface area contributed by atoms with Crippen molar-refractivity contribution in [3.8, 4) is 0 Å². The Morgan fingerprint density at radius 1 is 1.04 bits per heavy atom. The summed E-state index contributed by atoms with van der Waals surface area (Å²) in [5.74, 6) is -6.62. The summed E-state index contributed by atoms with van der Waals surface area (Å²) in [7, 11) is 0. The zero-order valence-electron chi connectivity index (χ0n) is 28.2. The van der Waals surface area contributed by atoms with Gasteiger partial charge in [-0.15, -0.1) is 6.58 Å². The molecule has 260 valence electrons. The number of carbonyl (C=O) groups excluding carboxylic acids is 5. The fourth-order valence-corrected chi connectivity index (χ4v) is 6.38. The van der Waals surface area contributed by atoms with Gasteiger partial charge in [-0.1, -0.05) is 50.3 Å². The SMILES string of the molecule is C=CCNC(=O)C(=O)C(CCc1ccccc1)NC(=O)[C@@H]1C(C(C)C)CCN1C(=O)C(NC(=O)OC(C)(C)C)C1CCC(F)(F)CC1. The van der Waals surface area contributed by atoms with Gasteiger partial charge in [-0.05, 0) is 76.2 Å². The van der Waals surface area contributed by atoms with Crippen molar-refractivity contribution in [2.45, 2.75) is 109 Å². The molecule has 4 atom stereocenters. The van der Waals surface area contributed by atoms with Crippen LogP contribution in [-0.4, -0.2) is 77.2 Å². The number of ketones is 1. The van der Waals surface area contributed by atoms with Crippen LogP contribution in [0.3, 0.4) is 0 Å². The van der Waals surface area contributed by atoms with Crippen LogP contribution in [0.15, 0.2) is 43.0 Å². The van der Waals surface area contributed by atoms with E-state index < -0.39 is 78.0 Å². The lowest BCUT2D eigenvalue weighted by molar-refractivity contribution is -0.145. The first-order chi connectivity index (χ1) is 22.0. The van der Waals surface area contributed by atoms with Crippen molar-refractivity contribution in [1.29, 1.82) is 0 Å². The number of halogens is 2. The lowest BCUT2D eigenvalue weighted by Gasteiger charge is -2.37. The number of ether oxygens (including phenoxy) is 1. The highest BCUT2D eigenvalue weighted by molar-refractivity contribution is 6.38. The van der Waals surface area contributed by atoms with Gasteiger partial charge in [0.15, 0.2) is 0 Å². The van der Waals surface area contributed by atoms with Gasteiger partial charge in [-0.25, -0.2) is 13.6 Å². The van der Waals surface area contributed by atoms with Crippen molar-refractivity contribution in [3.63, 3.8) is 0 Å². The molecule has 4 amide bonds. The predicted molar refractivity (Wildman–Crippen MR) is 173 cm³/mol. The topological polar surface area (TPSA) is 134 Å². The first-order valence-corrected chi connectivity index (χ1v) is 16.5. The Morgan fingerprint density at radius 2 is 1.68 bits per heavy atom. The van der Waals surface area contributed by atoms with E-state index in [1.807, 2.05) is 44.2 Å². The zero-order chi connectivity index (χ0) is 34.9. The number of nitrogens with zero attached hydrogens (tertiary/aromatic N) is 1. The molecule has 3 N–H and O–H groups in total. The van der Waals surface area contributed by atoms with Gasteiger partial charge < -0.3 is 25.6 Å². The van der Waals surface area contributed by atoms with Crippen LogP contribution >= 0.6 is 0 Å². The Morgan fingerprint density at radius 3 is 2.26 bits per heavy atom. The van der Waals surface area contributed by atoms with E-state index in [0.29, 0.717) is 12.8 Å². The van der Waals surface area contributed by atoms with Crippen molar-refractivity contribution in [2.24, 2.45) is 17.8 Å². The van der Waals surface area contributed by atoms with E-state index in [4.69, 9.17) is 4.74 Å². The van der Waals surface area contributed by atoms with Crippen molar-refractivity contribution in [3.05, 3.63) is 48.6 Å². The summed E-state index contributed by atoms with van der Waals surface area (Å²) in [4.78, 5) is 68.7. The molecule has 1 saturated carbocycles. The number of rotatable bonds is 13. The molecule has 3 rings (SSSR count). The molecule has 1 aliphatic carbocycles. The summed E-state index contributed by atoms with van der Waals surface area (Å²) in [6, 6.07) is 5.95. The van der Waals surface area contributed by atoms with Gasteiger partial charge in [0.1, 0.15) is 17.7 Å². The van der Waals surface area contributed by atoms with Crippen LogP contribution in [0.2, 0.25) is 0 Å². The lowest BCUT2D eigenvalue weighted by Crippen LogP contribution is -2.59. The maximum absolute atomic E-state index is 14.3. The second-order valence-corrected chi connectivity index (χ2v) is 13.9. The number of hydrogen-bond donors (Lipinski definition) is 3. The Labute approximate surface area is 276 Å². The Balaban J connectivity index is 1.90. The minimum absolute atomic E-state index is 0.00734. The van der Waals surface area contributed by atoms with Crippen LogP contribution in [0.1, 0.15) is 78.7 Å². The smallest absolute Gasteiger partial charge is 0.408 e. The van der Waals surface area contributed by atoms with E-state index in [2.05, 4.69) is 22.5 Å². The zero-order valence-corrected chi connectivity index (χ0v) is 28.2. The van der Waals surface area contributed by atoms with Crippen LogP contribution in [0.5, 0.6) is 0 Å². The van der Waals surface area contributed by atoms with Gasteiger partial charge in [0.25, 0.3) is 5.91 Å². The van der Waals surface area contributed by atoms with Gasteiger partial charge >= 0.3 is 6.09 Å². The first kappa shape index (κ1) is 37.6. The van der Waals surface area contributed by atoms with Crippen LogP contribution < -0.4 is 16.0 Å². The largest absolute Gasteiger partial charge is 0.444 e. The van der Waals surface area contributed by atoms with Gasteiger partial charge in [0, 0.05) is 25.9 Å². The summed E-state index contributed by atoms with van der Waals surface area (Å²) in [5.41, 5.74) is 0.0490. The molecule has 47 heavy (non-hydrogen) atoms. The molecule has 1 heterocycles. The number of Topliss-reactive ketones (excluding diaryl/α,β-unsaturated/α-hetero) is 1. The average Bonchev–Trinajstić information content (AvgIpc) is 3.46. The monoisotopic (exact) mass is 660 g/mol. The van der Waals surface area contributed by atoms with E-state index in [9.17, 15) is 32.8 Å². The maximum atomic E-state index is 14.3. The molecule has 1 aromatic carbocycles. The highest BCUT2D eigenvalue weighted by atomic mass is 19.3. The Hall–Kier alpha value is -3.83. The van der Waals surface area contributed by atoms with Crippen LogP contribution in [0, 0.1) is 17.8 Å². The van der Waals surface area contributed by atoms with Crippen LogP contribution in [-0.2, 0) is 30.3 Å². The van der Waals surface area contributed by atoms with Crippen LogP contribution in [0.25, 0.3) is 0 Å². The Bertz CT molecular complexity index is 1270. The minimum Gasteiger partial charge on any atom is -0.444 e. The molecule has 2 fully saturated rings. The molecule has 12 heteroatoms. The number of hydrogen-bond acceptors (Lipinski definition) is 6. The third-order valence-electron chi connectivity index (χ3n) is 8.85. The molecule has 1 saturated heterocycles. The standard InChI is InChI=1S/C35H50F2N4O6/c1-7-20-38-31(44)29(42)26(14-13-23-11-9-8-10-12-23)39-30(43)28-25(22(2)3)17-21-41(28)32(45)27(40-33(46)47-34(4,5)6)24-15-18-35(36,37)19-16-24/h7-12,22,24-28H,1,13-21H2,2-6H3,(H,38,44)(H,39,43)(H,40,46)/t25?,26?,27?,28-/m0/s1. The fraction of sp³-hybridized carbons (Fsp3) is 0.629. The van der Waals surface area contributed by atoms with Gasteiger partial charge in [0.05, 0.1) is 6.04 Å². The van der Waals surface area contributed by atoms with E-state index in [1.165, 1.54) is 11.0 Å². The van der Waals surface area contributed by atoms with E-state index in [1.54, 1.807) is 20.8 Å². The number of benzene rings is 1. The normalized spacial score (nSPS) is 21.0. The summed E-state index contributed by atoms with van der Waals surface area (Å²) in [6.45, 7) is 12.7. The van der Waals surface area contributed by atoms with E-state index in [-0.39, 0.29) is 44.2 Å². The third kappa shape index (κ3) is 10.9. The van der Waals surface area contributed by atoms with E-state index >= 15 is 0 Å². The highest BCUT2D eigenvalue weighted by Crippen LogP contribution is 2.39. The van der Waals surface area contributed by atoms with Gasteiger partial charge in [-0.3, -0.25) is 19.2 Å². The maximum Gasteiger partial charge on any atom is 0.408 e. The molecule has 1 aromatic rings. The molecule has 0 spiro atoms. The number of amides is 4. The van der Waals surface area contributed by atoms with Crippen molar-refractivity contribution >= 4 is 29.6 Å². The number of aryl methyl sites for hydroxylation is 1. The summed E-state index contributed by atoms with van der Waals surface area (Å²) in [6.07, 6.45) is 0.777. The Kier molecular flexibility index (Phi) is 13.1. The molecule has 0 aromatic heterocycles. The van der Waals surface area contributed by atoms with Crippen molar-refractivity contribution < 1.29 is 37.5 Å². The molecule has 0 radical (unpaired) electrons. The number of likely N-dealkylation sites (tertiary alicyclic amines) is 1. The first-order valence-electron chi connectivity index (χ1n) is 16.5. The summed E-state index contributed by atoms with van der Waals surface area (Å²) in [5, 5.41) is 7.89. The molecular formula is C35H50F2N4O6. The summed E-state index contributed by atoms with van der Waals surface area (Å²) < 4.78 is 33.6. The second kappa shape index (κ2) is 16.3. The predicted octanol–water partition coefficient (Wildman–Crippen LogP) is 4.57. The average molecular weight is 661 g/mol. The van der Waals surface area contributed by atoms with E-state index in [0.717, 1.165) is 5.56 Å². The quantitative estimate of drug-likeness (QED) is 0.210. The van der Waals surface area contributed by atoms with Gasteiger partial charge in [0.2, 0.25) is 23.5 Å². The number of carbonyl (C=O) groups is 5. The third-order valence-corrected chi connectivity index (χ3v) is 8.85. The van der Waals surface area contributed by atoms with Crippen LogP contribution in [0.4, 0.5) is 13.6 Å². The number of nitrogens with one attached hydrogen (secondary N) is 3. The molecule has 0 bridgehead atoms. The van der Waals surface area contributed by atoms with Gasteiger partial charge in [-0.2, -0.15) is 0 Å².